The highest BCUT2D eigenvalue weighted by Gasteiger charge is 2.42. The van der Waals surface area contributed by atoms with Gasteiger partial charge in [0.2, 0.25) is 0 Å². The Balaban J connectivity index is 2.01. The topological polar surface area (TPSA) is 69.7 Å². The molecule has 2 aliphatic heterocycles. The van der Waals surface area contributed by atoms with E-state index in [1.165, 1.54) is 7.05 Å². The number of imide groups is 2. The van der Waals surface area contributed by atoms with Crippen LogP contribution in [0.2, 0.25) is 0 Å². The highest BCUT2D eigenvalue weighted by atomic mass is 16.2. The van der Waals surface area contributed by atoms with E-state index in [0.29, 0.717) is 6.54 Å². The van der Waals surface area contributed by atoms with E-state index in [1.54, 1.807) is 0 Å². The number of likely N-dealkylation sites (N-methyl/N-ethyl adjacent to an activating group) is 1. The molecule has 1 N–H and O–H groups in total. The number of carbonyl (C=O) groups excluding carboxylic acids is 3. The third-order valence-electron chi connectivity index (χ3n) is 3.09. The largest absolute Gasteiger partial charge is 0.333 e. The first kappa shape index (κ1) is 11.1. The van der Waals surface area contributed by atoms with Crippen LogP contribution in [0, 0.1) is 5.92 Å². The molecule has 6 nitrogen and oxygen atoms in total. The fraction of sp³-hybridized carbons (Fsp3) is 0.700. The monoisotopic (exact) mass is 225 g/mol. The number of carbonyl (C=O) groups is 3. The maximum Gasteiger partial charge on any atom is 0.333 e. The first-order valence-electron chi connectivity index (χ1n) is 5.45. The van der Waals surface area contributed by atoms with E-state index in [0.717, 1.165) is 35.7 Å². The van der Waals surface area contributed by atoms with Crippen LogP contribution in [0.5, 0.6) is 0 Å². The summed E-state index contributed by atoms with van der Waals surface area (Å²) in [5.41, 5.74) is 0. The molecule has 6 heteroatoms. The number of nitrogens with zero attached hydrogens (tertiary/aromatic N) is 2. The zero-order chi connectivity index (χ0) is 11.7. The molecule has 2 aliphatic rings. The highest BCUT2D eigenvalue weighted by molar-refractivity contribution is 6.44. The molecule has 1 atom stereocenters. The van der Waals surface area contributed by atoms with Crippen molar-refractivity contribution in [2.75, 3.05) is 26.7 Å². The maximum atomic E-state index is 11.6. The number of rotatable bonds is 2. The van der Waals surface area contributed by atoms with Gasteiger partial charge in [-0.15, -0.1) is 0 Å². The lowest BCUT2D eigenvalue weighted by molar-refractivity contribution is -0.143. The van der Waals surface area contributed by atoms with Gasteiger partial charge in [-0.25, -0.2) is 4.79 Å². The van der Waals surface area contributed by atoms with Crippen molar-refractivity contribution in [2.45, 2.75) is 12.8 Å². The molecular weight excluding hydrogens is 210 g/mol. The average Bonchev–Trinajstić information content (AvgIpc) is 2.48. The van der Waals surface area contributed by atoms with Crippen LogP contribution in [-0.4, -0.2) is 54.3 Å². The average molecular weight is 225 g/mol. The minimum Gasteiger partial charge on any atom is -0.316 e. The van der Waals surface area contributed by atoms with Gasteiger partial charge in [0.15, 0.2) is 0 Å². The van der Waals surface area contributed by atoms with Gasteiger partial charge in [-0.05, 0) is 31.8 Å². The second kappa shape index (κ2) is 4.21. The Morgan fingerprint density at radius 1 is 1.31 bits per heavy atom. The third kappa shape index (κ3) is 1.80. The van der Waals surface area contributed by atoms with Gasteiger partial charge in [-0.1, -0.05) is 0 Å². The first-order valence-corrected chi connectivity index (χ1v) is 5.45. The molecule has 0 spiro atoms. The number of urea groups is 1. The molecular formula is C10H15N3O3. The fourth-order valence-electron chi connectivity index (χ4n) is 2.11. The molecule has 88 valence electrons. The van der Waals surface area contributed by atoms with Gasteiger partial charge >= 0.3 is 17.8 Å². The smallest absolute Gasteiger partial charge is 0.316 e. The van der Waals surface area contributed by atoms with E-state index < -0.39 is 17.8 Å². The van der Waals surface area contributed by atoms with Crippen LogP contribution >= 0.6 is 0 Å². The summed E-state index contributed by atoms with van der Waals surface area (Å²) >= 11 is 0. The summed E-state index contributed by atoms with van der Waals surface area (Å²) in [5.74, 6) is -1.16. The minimum atomic E-state index is -0.728. The van der Waals surface area contributed by atoms with Crippen molar-refractivity contribution < 1.29 is 14.4 Å². The molecule has 2 saturated heterocycles. The minimum absolute atomic E-state index is 0.265. The lowest BCUT2D eigenvalue weighted by atomic mass is 9.99. The van der Waals surface area contributed by atoms with Gasteiger partial charge in [0, 0.05) is 13.6 Å². The molecule has 0 aromatic heterocycles. The van der Waals surface area contributed by atoms with Crippen molar-refractivity contribution in [3.8, 4) is 0 Å². The Kier molecular flexibility index (Phi) is 2.91. The number of hydrogen-bond donors (Lipinski definition) is 1. The van der Waals surface area contributed by atoms with Crippen molar-refractivity contribution in [2.24, 2.45) is 5.92 Å². The standard InChI is InChI=1S/C10H15N3O3/c1-12-8(14)9(15)13(10(12)16)6-7-3-2-4-11-5-7/h7,11H,2-6H2,1H3. The molecule has 0 aromatic carbocycles. The van der Waals surface area contributed by atoms with E-state index in [2.05, 4.69) is 5.32 Å². The third-order valence-corrected chi connectivity index (χ3v) is 3.09. The van der Waals surface area contributed by atoms with E-state index in [4.69, 9.17) is 0 Å². The molecule has 0 aromatic rings. The Morgan fingerprint density at radius 3 is 2.56 bits per heavy atom. The van der Waals surface area contributed by atoms with Crippen LogP contribution < -0.4 is 5.32 Å². The Labute approximate surface area is 93.6 Å². The van der Waals surface area contributed by atoms with E-state index >= 15 is 0 Å². The maximum absolute atomic E-state index is 11.6. The lowest BCUT2D eigenvalue weighted by Gasteiger charge is -2.25. The summed E-state index contributed by atoms with van der Waals surface area (Å²) in [5, 5.41) is 3.21. The van der Waals surface area contributed by atoms with Crippen molar-refractivity contribution in [1.29, 1.82) is 0 Å². The molecule has 2 rings (SSSR count). The van der Waals surface area contributed by atoms with Crippen molar-refractivity contribution >= 4 is 17.8 Å². The Bertz CT molecular complexity index is 336. The van der Waals surface area contributed by atoms with Gasteiger partial charge in [-0.3, -0.25) is 19.4 Å². The van der Waals surface area contributed by atoms with Gasteiger partial charge in [-0.2, -0.15) is 0 Å². The fourth-order valence-corrected chi connectivity index (χ4v) is 2.11. The van der Waals surface area contributed by atoms with Gasteiger partial charge < -0.3 is 5.32 Å². The summed E-state index contributed by atoms with van der Waals surface area (Å²) in [6.45, 7) is 2.13. The predicted molar refractivity (Wildman–Crippen MR) is 55.5 cm³/mol. The quantitative estimate of drug-likeness (QED) is 0.503. The second-order valence-electron chi connectivity index (χ2n) is 4.27. The van der Waals surface area contributed by atoms with Crippen molar-refractivity contribution in [3.05, 3.63) is 0 Å². The van der Waals surface area contributed by atoms with Crippen LogP contribution in [-0.2, 0) is 9.59 Å². The van der Waals surface area contributed by atoms with E-state index in [1.807, 2.05) is 0 Å². The summed E-state index contributed by atoms with van der Waals surface area (Å²) in [7, 11) is 1.34. The second-order valence-corrected chi connectivity index (χ2v) is 4.27. The van der Waals surface area contributed by atoms with Crippen LogP contribution in [0.15, 0.2) is 0 Å². The van der Waals surface area contributed by atoms with Gasteiger partial charge in [0.05, 0.1) is 0 Å². The van der Waals surface area contributed by atoms with E-state index in [-0.39, 0.29) is 5.92 Å². The zero-order valence-electron chi connectivity index (χ0n) is 9.23. The van der Waals surface area contributed by atoms with Gasteiger partial charge in [0.1, 0.15) is 0 Å². The molecule has 0 aliphatic carbocycles. The number of amides is 4. The Morgan fingerprint density at radius 2 is 2.06 bits per heavy atom. The molecule has 2 fully saturated rings. The van der Waals surface area contributed by atoms with Gasteiger partial charge in [0.25, 0.3) is 0 Å². The summed E-state index contributed by atoms with van der Waals surface area (Å²) < 4.78 is 0. The molecule has 0 radical (unpaired) electrons. The SMILES string of the molecule is CN1C(=O)C(=O)N(CC2CCCNC2)C1=O. The molecule has 0 saturated carbocycles. The molecule has 4 amide bonds. The summed E-state index contributed by atoms with van der Waals surface area (Å²) in [6, 6.07) is -0.499. The number of nitrogens with one attached hydrogen (secondary N) is 1. The number of hydrogen-bond acceptors (Lipinski definition) is 4. The zero-order valence-corrected chi connectivity index (χ0v) is 9.23. The van der Waals surface area contributed by atoms with Crippen LogP contribution in [0.3, 0.4) is 0 Å². The van der Waals surface area contributed by atoms with Crippen LogP contribution in [0.4, 0.5) is 4.79 Å². The highest BCUT2D eigenvalue weighted by Crippen LogP contribution is 2.16. The summed E-state index contributed by atoms with van der Waals surface area (Å²) in [6.07, 6.45) is 2.03. The molecule has 16 heavy (non-hydrogen) atoms. The van der Waals surface area contributed by atoms with Crippen molar-refractivity contribution in [3.63, 3.8) is 0 Å². The predicted octanol–water partition coefficient (Wildman–Crippen LogP) is -0.593. The van der Waals surface area contributed by atoms with Crippen molar-refractivity contribution in [1.82, 2.24) is 15.1 Å². The van der Waals surface area contributed by atoms with E-state index in [9.17, 15) is 14.4 Å². The summed E-state index contributed by atoms with van der Waals surface area (Å²) in [4.78, 5) is 36.3. The molecule has 0 bridgehead atoms. The molecule has 1 unspecified atom stereocenters. The normalized spacial score (nSPS) is 26.8. The van der Waals surface area contributed by atoms with Crippen LogP contribution in [0.1, 0.15) is 12.8 Å². The first-order chi connectivity index (χ1) is 7.61. The lowest BCUT2D eigenvalue weighted by Crippen LogP contribution is -2.41. The Hall–Kier alpha value is -1.43. The van der Waals surface area contributed by atoms with Crippen LogP contribution in [0.25, 0.3) is 0 Å². The molecule has 2 heterocycles. The number of piperidine rings is 1.